The van der Waals surface area contributed by atoms with Crippen molar-refractivity contribution < 1.29 is 14.6 Å². The number of phenols is 1. The Labute approximate surface area is 165 Å². The lowest BCUT2D eigenvalue weighted by Gasteiger charge is -2.07. The zero-order chi connectivity index (χ0) is 21.0. The fraction of sp³-hybridized carbons (Fsp3) is 0.222. The Morgan fingerprint density at radius 3 is 2.90 bits per heavy atom. The van der Waals surface area contributed by atoms with Gasteiger partial charge in [0.2, 0.25) is 0 Å². The molecule has 0 unspecified atom stereocenters. The Hall–Kier alpha value is -4.02. The van der Waals surface area contributed by atoms with E-state index in [1.807, 2.05) is 0 Å². The number of H-pyrrole nitrogens is 1. The number of aryl methyl sites for hydroxylation is 2. The Balaban J connectivity index is 1.82. The molecule has 3 rings (SSSR count). The van der Waals surface area contributed by atoms with Crippen LogP contribution >= 0.6 is 0 Å². The highest BCUT2D eigenvalue weighted by atomic mass is 16.5. The van der Waals surface area contributed by atoms with Crippen LogP contribution in [0.4, 0.5) is 0 Å². The largest absolute Gasteiger partial charge is 0.504 e. The average molecular weight is 397 g/mol. The highest BCUT2D eigenvalue weighted by molar-refractivity contribution is 5.94. The van der Waals surface area contributed by atoms with Crippen molar-refractivity contribution in [2.24, 2.45) is 5.10 Å². The first-order valence-corrected chi connectivity index (χ1v) is 8.69. The maximum atomic E-state index is 12.5. The molecule has 3 N–H and O–H groups in total. The number of benzene rings is 1. The normalized spacial score (nSPS) is 11.0. The zero-order valence-electron chi connectivity index (χ0n) is 16.0. The van der Waals surface area contributed by atoms with E-state index in [9.17, 15) is 14.7 Å². The number of para-hydroxylation sites is 1. The molecule has 0 radical (unpaired) electrons. The van der Waals surface area contributed by atoms with Crippen LogP contribution in [0.25, 0.3) is 5.95 Å². The standard InChI is InChI=1S/C18H19N7O4/c1-4-29-14-7-5-6-12(15(14)26)9-19-22-17(28)13-8-10(2)24-25(13)18-20-16(27)11(3)21-23-18/h5-9,26H,4H2,1-3H3,(H,22,28)(H,20,23,27)/b19-9-. The molecule has 11 heteroatoms. The van der Waals surface area contributed by atoms with E-state index in [2.05, 4.69) is 30.8 Å². The minimum atomic E-state index is -0.592. The number of aromatic hydroxyl groups is 1. The van der Waals surface area contributed by atoms with Crippen LogP contribution in [0, 0.1) is 13.8 Å². The minimum absolute atomic E-state index is 0.00453. The van der Waals surface area contributed by atoms with Gasteiger partial charge in [-0.3, -0.25) is 14.6 Å². The number of nitrogens with one attached hydrogen (secondary N) is 2. The Morgan fingerprint density at radius 2 is 2.17 bits per heavy atom. The highest BCUT2D eigenvalue weighted by Crippen LogP contribution is 2.28. The van der Waals surface area contributed by atoms with E-state index in [1.165, 1.54) is 23.9 Å². The van der Waals surface area contributed by atoms with Gasteiger partial charge in [-0.1, -0.05) is 6.07 Å². The van der Waals surface area contributed by atoms with Crippen LogP contribution in [0.15, 0.2) is 34.2 Å². The molecule has 0 aliphatic carbocycles. The molecule has 0 atom stereocenters. The van der Waals surface area contributed by atoms with Crippen LogP contribution < -0.4 is 15.7 Å². The summed E-state index contributed by atoms with van der Waals surface area (Å²) in [4.78, 5) is 26.8. The number of hydrogen-bond donors (Lipinski definition) is 3. The number of aromatic nitrogens is 5. The summed E-state index contributed by atoms with van der Waals surface area (Å²) in [5.74, 6) is -0.352. The molecular weight excluding hydrogens is 378 g/mol. The van der Waals surface area contributed by atoms with E-state index in [-0.39, 0.29) is 23.1 Å². The molecule has 11 nitrogen and oxygen atoms in total. The minimum Gasteiger partial charge on any atom is -0.504 e. The maximum Gasteiger partial charge on any atom is 0.290 e. The van der Waals surface area contributed by atoms with Crippen molar-refractivity contribution in [3.05, 3.63) is 57.3 Å². The van der Waals surface area contributed by atoms with E-state index in [4.69, 9.17) is 4.74 Å². The van der Waals surface area contributed by atoms with Gasteiger partial charge < -0.3 is 9.84 Å². The first-order chi connectivity index (χ1) is 13.9. The molecule has 150 valence electrons. The van der Waals surface area contributed by atoms with Crippen LogP contribution in [0.1, 0.15) is 34.4 Å². The van der Waals surface area contributed by atoms with Crippen LogP contribution in [0.3, 0.4) is 0 Å². The Bertz CT molecular complexity index is 1130. The van der Waals surface area contributed by atoms with E-state index in [0.29, 0.717) is 23.6 Å². The molecule has 1 amide bonds. The molecular formula is C18H19N7O4. The molecule has 0 saturated heterocycles. The molecule has 3 aromatic rings. The molecule has 2 heterocycles. The highest BCUT2D eigenvalue weighted by Gasteiger charge is 2.17. The van der Waals surface area contributed by atoms with E-state index >= 15 is 0 Å². The topological polar surface area (TPSA) is 147 Å². The summed E-state index contributed by atoms with van der Waals surface area (Å²) in [5.41, 5.74) is 3.12. The van der Waals surface area contributed by atoms with E-state index in [0.717, 1.165) is 0 Å². The van der Waals surface area contributed by atoms with Gasteiger partial charge in [-0.2, -0.15) is 14.9 Å². The molecule has 0 saturated carbocycles. The van der Waals surface area contributed by atoms with Crippen molar-refractivity contribution in [2.75, 3.05) is 6.61 Å². The number of hydrazone groups is 1. The third-order valence-corrected chi connectivity index (χ3v) is 3.81. The summed E-state index contributed by atoms with van der Waals surface area (Å²) in [6.07, 6.45) is 1.29. The quantitative estimate of drug-likeness (QED) is 0.412. The van der Waals surface area contributed by atoms with Crippen molar-refractivity contribution in [3.8, 4) is 17.4 Å². The third kappa shape index (κ3) is 4.29. The molecule has 0 aliphatic heterocycles. The SMILES string of the molecule is CCOc1cccc(/C=N\NC(=O)c2cc(C)nn2-c2nnc(C)c(=O)[nH]2)c1O. The lowest BCUT2D eigenvalue weighted by Crippen LogP contribution is -2.24. The van der Waals surface area contributed by atoms with Crippen LogP contribution in [0.2, 0.25) is 0 Å². The summed E-state index contributed by atoms with van der Waals surface area (Å²) in [6, 6.07) is 6.45. The summed E-state index contributed by atoms with van der Waals surface area (Å²) in [7, 11) is 0. The summed E-state index contributed by atoms with van der Waals surface area (Å²) in [5, 5.41) is 25.8. The lowest BCUT2D eigenvalue weighted by molar-refractivity contribution is 0.0947. The predicted molar refractivity (Wildman–Crippen MR) is 104 cm³/mol. The number of carbonyl (C=O) groups is 1. The van der Waals surface area contributed by atoms with Crippen molar-refractivity contribution in [2.45, 2.75) is 20.8 Å². The number of ether oxygens (including phenoxy) is 1. The third-order valence-electron chi connectivity index (χ3n) is 3.81. The van der Waals surface area contributed by atoms with E-state index < -0.39 is 11.5 Å². The number of phenolic OH excluding ortho intramolecular Hbond substituents is 1. The van der Waals surface area contributed by atoms with Gasteiger partial charge >= 0.3 is 0 Å². The Kier molecular flexibility index (Phi) is 5.67. The molecule has 0 fully saturated rings. The number of amides is 1. The monoisotopic (exact) mass is 397 g/mol. The van der Waals surface area contributed by atoms with Crippen molar-refractivity contribution in [1.29, 1.82) is 0 Å². The lowest BCUT2D eigenvalue weighted by atomic mass is 10.2. The predicted octanol–water partition coefficient (Wildman–Crippen LogP) is 0.836. The maximum absolute atomic E-state index is 12.5. The van der Waals surface area contributed by atoms with Crippen LogP contribution in [0.5, 0.6) is 11.5 Å². The van der Waals surface area contributed by atoms with Crippen molar-refractivity contribution in [3.63, 3.8) is 0 Å². The zero-order valence-corrected chi connectivity index (χ0v) is 16.0. The fourth-order valence-corrected chi connectivity index (χ4v) is 2.44. The van der Waals surface area contributed by atoms with Gasteiger partial charge in [-0.05, 0) is 39.0 Å². The van der Waals surface area contributed by atoms with Gasteiger partial charge in [0.1, 0.15) is 11.4 Å². The number of hydrogen-bond acceptors (Lipinski definition) is 8. The number of nitrogens with zero attached hydrogens (tertiary/aromatic N) is 5. The smallest absolute Gasteiger partial charge is 0.290 e. The van der Waals surface area contributed by atoms with Gasteiger partial charge in [0.05, 0.1) is 18.5 Å². The van der Waals surface area contributed by atoms with Gasteiger partial charge in [-0.15, -0.1) is 10.2 Å². The molecule has 1 aromatic carbocycles. The second-order valence-electron chi connectivity index (χ2n) is 5.97. The fourth-order valence-electron chi connectivity index (χ4n) is 2.44. The average Bonchev–Trinajstić information content (AvgIpc) is 3.09. The number of carbonyl (C=O) groups excluding carboxylic acids is 1. The van der Waals surface area contributed by atoms with E-state index in [1.54, 1.807) is 32.0 Å². The van der Waals surface area contributed by atoms with Gasteiger partial charge in [0.25, 0.3) is 17.4 Å². The van der Waals surface area contributed by atoms with Gasteiger partial charge in [0.15, 0.2) is 11.5 Å². The summed E-state index contributed by atoms with van der Waals surface area (Å²) >= 11 is 0. The van der Waals surface area contributed by atoms with Crippen LogP contribution in [-0.4, -0.2) is 48.8 Å². The molecule has 2 aromatic heterocycles. The second kappa shape index (κ2) is 8.33. The molecule has 0 bridgehead atoms. The van der Waals surface area contributed by atoms with Gasteiger partial charge in [-0.25, -0.2) is 5.43 Å². The van der Waals surface area contributed by atoms with Crippen LogP contribution in [-0.2, 0) is 0 Å². The summed E-state index contributed by atoms with van der Waals surface area (Å²) in [6.45, 7) is 5.41. The summed E-state index contributed by atoms with van der Waals surface area (Å²) < 4.78 is 6.47. The number of aromatic amines is 1. The van der Waals surface area contributed by atoms with Gasteiger partial charge in [0, 0.05) is 5.56 Å². The molecule has 29 heavy (non-hydrogen) atoms. The first kappa shape index (κ1) is 19.7. The molecule has 0 spiro atoms. The Morgan fingerprint density at radius 1 is 1.38 bits per heavy atom. The van der Waals surface area contributed by atoms with Crippen molar-refractivity contribution in [1.82, 2.24) is 30.4 Å². The second-order valence-corrected chi connectivity index (χ2v) is 5.97. The first-order valence-electron chi connectivity index (χ1n) is 8.69. The van der Waals surface area contributed by atoms with Crippen molar-refractivity contribution >= 4 is 12.1 Å². The number of rotatable bonds is 6. The molecule has 0 aliphatic rings.